The van der Waals surface area contributed by atoms with Gasteiger partial charge in [0.1, 0.15) is 11.9 Å². The zero-order valence-corrected chi connectivity index (χ0v) is 14.4. The number of amides is 1. The molecule has 0 radical (unpaired) electrons. The first-order chi connectivity index (χ1) is 12.0. The van der Waals surface area contributed by atoms with Gasteiger partial charge >= 0.3 is 6.09 Å². The quantitative estimate of drug-likeness (QED) is 0.790. The number of hydrogen-bond acceptors (Lipinski definition) is 6. The molecular weight excluding hydrogens is 349 g/mol. The number of benzene rings is 1. The third kappa shape index (κ3) is 3.68. The van der Waals surface area contributed by atoms with Gasteiger partial charge in [0, 0.05) is 7.05 Å². The van der Waals surface area contributed by atoms with Gasteiger partial charge in [0.05, 0.1) is 24.3 Å². The van der Waals surface area contributed by atoms with Gasteiger partial charge in [-0.25, -0.2) is 9.18 Å². The summed E-state index contributed by atoms with van der Waals surface area (Å²) in [6, 6.07) is 4.34. The topological polar surface area (TPSA) is 92.5 Å². The normalized spacial score (nSPS) is 16.7. The lowest BCUT2D eigenvalue weighted by molar-refractivity contribution is 0.143. The van der Waals surface area contributed by atoms with Gasteiger partial charge in [0.25, 0.3) is 5.89 Å². The SMILES string of the molecule is CNC(=S)NC[C@H]1CN(c2ccc(-c3nc(C)no3)c(F)c2)C(=O)O1. The molecule has 1 saturated heterocycles. The number of aromatic nitrogens is 2. The van der Waals surface area contributed by atoms with Crippen LogP contribution in [0.4, 0.5) is 14.9 Å². The Bertz CT molecular complexity index is 812. The molecule has 1 atom stereocenters. The van der Waals surface area contributed by atoms with Crippen molar-refractivity contribution in [1.29, 1.82) is 0 Å². The van der Waals surface area contributed by atoms with E-state index < -0.39 is 11.9 Å². The lowest BCUT2D eigenvalue weighted by Crippen LogP contribution is -2.39. The summed E-state index contributed by atoms with van der Waals surface area (Å²) in [7, 11) is 1.69. The van der Waals surface area contributed by atoms with E-state index >= 15 is 0 Å². The number of carbonyl (C=O) groups is 1. The van der Waals surface area contributed by atoms with Crippen LogP contribution in [0, 0.1) is 12.7 Å². The number of thiocarbonyl (C=S) groups is 1. The largest absolute Gasteiger partial charge is 0.442 e. The summed E-state index contributed by atoms with van der Waals surface area (Å²) >= 11 is 4.98. The molecule has 2 aromatic rings. The first-order valence-electron chi connectivity index (χ1n) is 7.52. The molecule has 0 spiro atoms. The van der Waals surface area contributed by atoms with Crippen molar-refractivity contribution in [1.82, 2.24) is 20.8 Å². The van der Waals surface area contributed by atoms with Crippen LogP contribution in [0.3, 0.4) is 0 Å². The van der Waals surface area contributed by atoms with E-state index in [0.29, 0.717) is 23.2 Å². The molecule has 0 saturated carbocycles. The van der Waals surface area contributed by atoms with Gasteiger partial charge in [0.15, 0.2) is 10.9 Å². The molecule has 2 N–H and O–H groups in total. The molecule has 3 rings (SSSR count). The Labute approximate surface area is 148 Å². The Morgan fingerprint density at radius 1 is 1.52 bits per heavy atom. The van der Waals surface area contributed by atoms with Gasteiger partial charge in [0.2, 0.25) is 0 Å². The molecule has 8 nitrogen and oxygen atoms in total. The first-order valence-corrected chi connectivity index (χ1v) is 7.92. The maximum Gasteiger partial charge on any atom is 0.414 e. The monoisotopic (exact) mass is 365 g/mol. The zero-order valence-electron chi connectivity index (χ0n) is 13.6. The van der Waals surface area contributed by atoms with E-state index in [1.165, 1.54) is 17.0 Å². The number of aryl methyl sites for hydroxylation is 1. The summed E-state index contributed by atoms with van der Waals surface area (Å²) in [4.78, 5) is 17.4. The maximum atomic E-state index is 14.4. The molecule has 132 valence electrons. The van der Waals surface area contributed by atoms with Gasteiger partial charge in [-0.05, 0) is 37.3 Å². The molecule has 0 unspecified atom stereocenters. The fourth-order valence-corrected chi connectivity index (χ4v) is 2.47. The van der Waals surface area contributed by atoms with E-state index in [9.17, 15) is 9.18 Å². The number of anilines is 1. The highest BCUT2D eigenvalue weighted by Gasteiger charge is 2.32. The summed E-state index contributed by atoms with van der Waals surface area (Å²) in [5, 5.41) is 9.79. The summed E-state index contributed by atoms with van der Waals surface area (Å²) in [6.07, 6.45) is -0.928. The lowest BCUT2D eigenvalue weighted by atomic mass is 10.1. The van der Waals surface area contributed by atoms with Gasteiger partial charge in [-0.3, -0.25) is 4.90 Å². The predicted octanol–water partition coefficient (Wildman–Crippen LogP) is 1.60. The minimum atomic E-state index is -0.563. The van der Waals surface area contributed by atoms with E-state index in [-0.39, 0.29) is 24.1 Å². The molecule has 0 bridgehead atoms. The van der Waals surface area contributed by atoms with Crippen molar-refractivity contribution < 1.29 is 18.4 Å². The number of rotatable bonds is 4. The van der Waals surface area contributed by atoms with E-state index in [1.807, 2.05) is 0 Å². The summed E-state index contributed by atoms with van der Waals surface area (Å²) in [5.74, 6) is -0.0588. The molecular formula is C15H16FN5O3S. The Hall–Kier alpha value is -2.75. The second kappa shape index (κ2) is 7.01. The van der Waals surface area contributed by atoms with E-state index in [4.69, 9.17) is 21.5 Å². The van der Waals surface area contributed by atoms with Crippen LogP contribution >= 0.6 is 12.2 Å². The third-order valence-electron chi connectivity index (χ3n) is 3.61. The minimum Gasteiger partial charge on any atom is -0.442 e. The molecule has 1 amide bonds. The van der Waals surface area contributed by atoms with Crippen molar-refractivity contribution in [3.63, 3.8) is 0 Å². The Balaban J connectivity index is 1.72. The number of nitrogens with zero attached hydrogens (tertiary/aromatic N) is 3. The molecule has 1 aromatic heterocycles. The highest BCUT2D eigenvalue weighted by molar-refractivity contribution is 7.80. The fraction of sp³-hybridized carbons (Fsp3) is 0.333. The number of nitrogens with one attached hydrogen (secondary N) is 2. The van der Waals surface area contributed by atoms with Crippen LogP contribution in [0.1, 0.15) is 5.82 Å². The maximum absolute atomic E-state index is 14.4. The molecule has 10 heteroatoms. The molecule has 1 aliphatic heterocycles. The van der Waals surface area contributed by atoms with E-state index in [0.717, 1.165) is 0 Å². The summed E-state index contributed by atoms with van der Waals surface area (Å²) in [6.45, 7) is 2.30. The molecule has 2 heterocycles. The Morgan fingerprint density at radius 2 is 2.32 bits per heavy atom. The summed E-state index contributed by atoms with van der Waals surface area (Å²) in [5.41, 5.74) is 0.565. The van der Waals surface area contributed by atoms with Crippen molar-refractivity contribution in [3.8, 4) is 11.5 Å². The Kier molecular flexibility index (Phi) is 4.79. The third-order valence-corrected chi connectivity index (χ3v) is 3.96. The zero-order chi connectivity index (χ0) is 18.0. The van der Waals surface area contributed by atoms with Crippen molar-refractivity contribution in [2.45, 2.75) is 13.0 Å². The Morgan fingerprint density at radius 3 is 2.96 bits per heavy atom. The van der Waals surface area contributed by atoms with Crippen LogP contribution in [0.2, 0.25) is 0 Å². The fourth-order valence-electron chi connectivity index (χ4n) is 2.39. The van der Waals surface area contributed by atoms with Crippen molar-refractivity contribution >= 4 is 29.1 Å². The highest BCUT2D eigenvalue weighted by atomic mass is 32.1. The van der Waals surface area contributed by atoms with Crippen LogP contribution < -0.4 is 15.5 Å². The molecule has 0 aliphatic carbocycles. The number of ether oxygens (including phenoxy) is 1. The van der Waals surface area contributed by atoms with Crippen molar-refractivity contribution in [3.05, 3.63) is 29.8 Å². The van der Waals surface area contributed by atoms with Gasteiger partial charge in [-0.1, -0.05) is 5.16 Å². The van der Waals surface area contributed by atoms with Crippen molar-refractivity contribution in [2.24, 2.45) is 0 Å². The van der Waals surface area contributed by atoms with Gasteiger partial charge in [-0.15, -0.1) is 0 Å². The summed E-state index contributed by atoms with van der Waals surface area (Å²) < 4.78 is 24.6. The van der Waals surface area contributed by atoms with E-state index in [1.54, 1.807) is 20.0 Å². The van der Waals surface area contributed by atoms with Crippen LogP contribution in [-0.2, 0) is 4.74 Å². The second-order valence-electron chi connectivity index (χ2n) is 5.39. The average Bonchev–Trinajstić information content (AvgIpc) is 3.18. The molecule has 25 heavy (non-hydrogen) atoms. The molecule has 1 fully saturated rings. The van der Waals surface area contributed by atoms with E-state index in [2.05, 4.69) is 20.8 Å². The number of halogens is 1. The first kappa shape index (κ1) is 17.1. The van der Waals surface area contributed by atoms with Crippen molar-refractivity contribution in [2.75, 3.05) is 25.0 Å². The minimum absolute atomic E-state index is 0.0909. The number of carbonyl (C=O) groups excluding carboxylic acids is 1. The molecule has 1 aromatic carbocycles. The second-order valence-corrected chi connectivity index (χ2v) is 5.80. The van der Waals surface area contributed by atoms with Crippen LogP contribution in [-0.4, -0.2) is 47.6 Å². The van der Waals surface area contributed by atoms with Crippen LogP contribution in [0.5, 0.6) is 0 Å². The van der Waals surface area contributed by atoms with Crippen LogP contribution in [0.25, 0.3) is 11.5 Å². The highest BCUT2D eigenvalue weighted by Crippen LogP contribution is 2.28. The standard InChI is InChI=1S/C15H16FN5O3S/c1-8-19-13(24-20-8)11-4-3-9(5-12(11)16)21-7-10(23-15(21)22)6-18-14(25)17-2/h3-5,10H,6-7H2,1-2H3,(H2,17,18,25)/t10-/m0/s1. The number of cyclic esters (lactones) is 1. The van der Waals surface area contributed by atoms with Gasteiger partial charge < -0.3 is 19.9 Å². The average molecular weight is 365 g/mol. The van der Waals surface area contributed by atoms with Crippen LogP contribution in [0.15, 0.2) is 22.7 Å². The smallest absolute Gasteiger partial charge is 0.414 e. The molecule has 1 aliphatic rings. The van der Waals surface area contributed by atoms with Gasteiger partial charge in [-0.2, -0.15) is 4.98 Å². The lowest BCUT2D eigenvalue weighted by Gasteiger charge is -2.14. The number of hydrogen-bond donors (Lipinski definition) is 2. The predicted molar refractivity (Wildman–Crippen MR) is 91.7 cm³/mol.